The molecule has 0 bridgehead atoms. The molecule has 18 heavy (non-hydrogen) atoms. The Kier molecular flexibility index (Phi) is 5.81. The summed E-state index contributed by atoms with van der Waals surface area (Å²) < 4.78 is 15.6. The van der Waals surface area contributed by atoms with Gasteiger partial charge in [0.25, 0.3) is 0 Å². The van der Waals surface area contributed by atoms with Gasteiger partial charge in [-0.2, -0.15) is 0 Å². The van der Waals surface area contributed by atoms with Crippen molar-refractivity contribution in [2.45, 2.75) is 6.92 Å². The Hall–Kier alpha value is -1.39. The van der Waals surface area contributed by atoms with Crippen LogP contribution in [-0.2, 0) is 9.63 Å². The Morgan fingerprint density at radius 3 is 2.94 bits per heavy atom. The number of benzene rings is 1. The zero-order valence-corrected chi connectivity index (χ0v) is 12.0. The predicted octanol–water partition coefficient (Wildman–Crippen LogP) is 0.841. The fraction of sp³-hybridized carbons (Fsp3) is 0.100. The molecule has 1 rings (SSSR count). The molecule has 3 N–H and O–H groups in total. The van der Waals surface area contributed by atoms with Crippen molar-refractivity contribution >= 4 is 43.9 Å². The Bertz CT molecular complexity index is 496. The van der Waals surface area contributed by atoms with E-state index in [0.717, 1.165) is 5.56 Å². The number of carbonyl (C=O) groups is 1. The second-order valence-electron chi connectivity index (χ2n) is 3.11. The standard InChI is InChI=1S/C10H10AsClFN3O2/c1-6(17)18-16-10(14)15-11-5-7-2-3-9(13)8(12)4-7/h2-5H,1H3,(H3,14,15,16). The molecule has 0 amide bonds. The van der Waals surface area contributed by atoms with E-state index in [-0.39, 0.29) is 11.0 Å². The van der Waals surface area contributed by atoms with Crippen LogP contribution in [0.2, 0.25) is 5.02 Å². The summed E-state index contributed by atoms with van der Waals surface area (Å²) in [5.41, 5.74) is 2.89. The molecule has 0 saturated carbocycles. The second-order valence-corrected chi connectivity index (χ2v) is 5.07. The van der Waals surface area contributed by atoms with Crippen molar-refractivity contribution in [2.75, 3.05) is 0 Å². The molecule has 96 valence electrons. The summed E-state index contributed by atoms with van der Waals surface area (Å²) in [6.45, 7) is 1.22. The van der Waals surface area contributed by atoms with Gasteiger partial charge in [0.05, 0.1) is 0 Å². The molecule has 1 aromatic carbocycles. The van der Waals surface area contributed by atoms with E-state index in [9.17, 15) is 9.18 Å². The normalized spacial score (nSPS) is 10.2. The van der Waals surface area contributed by atoms with Crippen molar-refractivity contribution in [1.82, 2.24) is 9.71 Å². The second kappa shape index (κ2) is 7.13. The van der Waals surface area contributed by atoms with Crippen LogP contribution in [0.25, 0.3) is 0 Å². The SMILES string of the molecule is CC(=O)ONC(=N)N[As]=Cc1ccc(F)c(Cl)c1. The molecule has 0 fully saturated rings. The summed E-state index contributed by atoms with van der Waals surface area (Å²) in [5.74, 6) is -1.12. The van der Waals surface area contributed by atoms with Crippen LogP contribution in [0.4, 0.5) is 4.39 Å². The zero-order chi connectivity index (χ0) is 13.5. The van der Waals surface area contributed by atoms with E-state index in [2.05, 4.69) is 14.6 Å². The zero-order valence-electron chi connectivity index (χ0n) is 9.33. The van der Waals surface area contributed by atoms with Gasteiger partial charge in [-0.1, -0.05) is 0 Å². The Labute approximate surface area is 115 Å². The van der Waals surface area contributed by atoms with Crippen molar-refractivity contribution in [2.24, 2.45) is 0 Å². The molecule has 0 saturated heterocycles. The van der Waals surface area contributed by atoms with Crippen LogP contribution in [0.5, 0.6) is 0 Å². The van der Waals surface area contributed by atoms with Crippen molar-refractivity contribution in [3.05, 3.63) is 34.6 Å². The van der Waals surface area contributed by atoms with Gasteiger partial charge in [-0.25, -0.2) is 0 Å². The van der Waals surface area contributed by atoms with Crippen molar-refractivity contribution in [3.63, 3.8) is 0 Å². The van der Waals surface area contributed by atoms with E-state index < -0.39 is 27.3 Å². The fourth-order valence-corrected chi connectivity index (χ4v) is 2.25. The summed E-state index contributed by atoms with van der Waals surface area (Å²) in [5, 5.41) is 7.40. The molecule has 5 nitrogen and oxygen atoms in total. The number of carbonyl (C=O) groups excluding carboxylic acids is 1. The van der Waals surface area contributed by atoms with E-state index in [1.54, 1.807) is 10.9 Å². The van der Waals surface area contributed by atoms with Gasteiger partial charge in [0.2, 0.25) is 0 Å². The van der Waals surface area contributed by atoms with Crippen LogP contribution in [-0.4, -0.2) is 32.3 Å². The minimum absolute atomic E-state index is 0.0538. The monoisotopic (exact) mass is 333 g/mol. The van der Waals surface area contributed by atoms with Gasteiger partial charge >= 0.3 is 115 Å². The van der Waals surface area contributed by atoms with Crippen molar-refractivity contribution in [3.8, 4) is 0 Å². The summed E-state index contributed by atoms with van der Waals surface area (Å²) in [7, 11) is 0. The molecule has 0 aliphatic heterocycles. The molecule has 1 aromatic rings. The van der Waals surface area contributed by atoms with E-state index in [4.69, 9.17) is 17.0 Å². The minimum atomic E-state index is -0.538. The maximum atomic E-state index is 12.9. The van der Waals surface area contributed by atoms with E-state index in [1.807, 2.05) is 0 Å². The first-order chi connectivity index (χ1) is 8.49. The number of hydrogen-bond donors (Lipinski definition) is 3. The van der Waals surface area contributed by atoms with Crippen molar-refractivity contribution < 1.29 is 14.0 Å². The maximum absolute atomic E-state index is 12.9. The Morgan fingerprint density at radius 2 is 2.33 bits per heavy atom. The molecule has 0 aliphatic carbocycles. The molecule has 0 radical (unpaired) electrons. The van der Waals surface area contributed by atoms with Crippen LogP contribution in [0.1, 0.15) is 12.5 Å². The summed E-state index contributed by atoms with van der Waals surface area (Å²) >= 11 is 5.08. The van der Waals surface area contributed by atoms with Crippen LogP contribution >= 0.6 is 11.6 Å². The number of guanidine groups is 1. The molecular weight excluding hydrogens is 324 g/mol. The topological polar surface area (TPSA) is 74.2 Å². The summed E-state index contributed by atoms with van der Waals surface area (Å²) in [6, 6.07) is 4.36. The molecule has 0 aliphatic rings. The number of hydrogen-bond acceptors (Lipinski definition) is 3. The molecule has 8 heteroatoms. The quantitative estimate of drug-likeness (QED) is 0.324. The first-order valence-electron chi connectivity index (χ1n) is 4.75. The van der Waals surface area contributed by atoms with Gasteiger partial charge < -0.3 is 0 Å². The van der Waals surface area contributed by atoms with Gasteiger partial charge in [0, 0.05) is 0 Å². The summed E-state index contributed by atoms with van der Waals surface area (Å²) in [6.07, 6.45) is 0. The van der Waals surface area contributed by atoms with Gasteiger partial charge in [-0.15, -0.1) is 0 Å². The van der Waals surface area contributed by atoms with Gasteiger partial charge in [0.15, 0.2) is 0 Å². The average Bonchev–Trinajstić information content (AvgIpc) is 2.31. The van der Waals surface area contributed by atoms with E-state index in [0.29, 0.717) is 0 Å². The van der Waals surface area contributed by atoms with Gasteiger partial charge in [-0.3, -0.25) is 0 Å². The fourth-order valence-electron chi connectivity index (χ4n) is 0.910. The average molecular weight is 334 g/mol. The summed E-state index contributed by atoms with van der Waals surface area (Å²) in [4.78, 5) is 16.6. The third kappa shape index (κ3) is 5.29. The Morgan fingerprint density at radius 1 is 1.61 bits per heavy atom. The number of halogens is 2. The predicted molar refractivity (Wildman–Crippen MR) is 68.1 cm³/mol. The van der Waals surface area contributed by atoms with Crippen LogP contribution < -0.4 is 9.71 Å². The van der Waals surface area contributed by atoms with Gasteiger partial charge in [0.1, 0.15) is 0 Å². The molecule has 0 heterocycles. The molecular formula is C10H10AsClFN3O2. The number of nitrogens with one attached hydrogen (secondary N) is 3. The molecule has 0 unspecified atom stereocenters. The number of hydroxylamine groups is 1. The van der Waals surface area contributed by atoms with Crippen molar-refractivity contribution in [1.29, 1.82) is 5.41 Å². The molecule has 0 spiro atoms. The molecule has 0 atom stereocenters. The third-order valence-electron chi connectivity index (χ3n) is 1.63. The third-order valence-corrected chi connectivity index (χ3v) is 3.56. The van der Waals surface area contributed by atoms with E-state index >= 15 is 0 Å². The Balaban J connectivity index is 2.47. The first kappa shape index (κ1) is 14.7. The molecule has 0 aromatic heterocycles. The van der Waals surface area contributed by atoms with E-state index in [1.165, 1.54) is 19.1 Å². The first-order valence-corrected chi connectivity index (χ1v) is 7.15. The van der Waals surface area contributed by atoms with Crippen LogP contribution in [0, 0.1) is 11.2 Å². The van der Waals surface area contributed by atoms with Gasteiger partial charge in [-0.05, 0) is 0 Å². The number of rotatable bonds is 2. The van der Waals surface area contributed by atoms with Crippen LogP contribution in [0.3, 0.4) is 0 Å². The van der Waals surface area contributed by atoms with Crippen LogP contribution in [0.15, 0.2) is 18.2 Å².